The minimum atomic E-state index is 0. The van der Waals surface area contributed by atoms with Crippen molar-refractivity contribution >= 4 is 30.7 Å². The number of benzene rings is 1. The van der Waals surface area contributed by atoms with Crippen molar-refractivity contribution in [3.63, 3.8) is 0 Å². The number of likely N-dealkylation sites (tertiary alicyclic amines) is 2. The summed E-state index contributed by atoms with van der Waals surface area (Å²) < 4.78 is 0. The van der Waals surface area contributed by atoms with Crippen molar-refractivity contribution in [2.45, 2.75) is 45.1 Å². The fraction of sp³-hybridized carbons (Fsp3) is 0.650. The van der Waals surface area contributed by atoms with Crippen LogP contribution in [-0.2, 0) is 17.8 Å². The zero-order valence-electron chi connectivity index (χ0n) is 15.6. The van der Waals surface area contributed by atoms with Gasteiger partial charge in [0.25, 0.3) is 0 Å². The van der Waals surface area contributed by atoms with E-state index < -0.39 is 0 Å². The Morgan fingerprint density at radius 1 is 1.08 bits per heavy atom. The highest BCUT2D eigenvalue weighted by Gasteiger charge is 2.23. The van der Waals surface area contributed by atoms with Crippen LogP contribution in [0.1, 0.15) is 43.2 Å². The summed E-state index contributed by atoms with van der Waals surface area (Å²) in [6.45, 7) is 6.09. The van der Waals surface area contributed by atoms with E-state index in [9.17, 15) is 4.79 Å². The van der Waals surface area contributed by atoms with Gasteiger partial charge in [0.1, 0.15) is 0 Å². The first kappa shape index (κ1) is 23.2. The molecule has 2 N–H and O–H groups in total. The maximum absolute atomic E-state index is 11.7. The third-order valence-electron chi connectivity index (χ3n) is 5.52. The lowest BCUT2D eigenvalue weighted by molar-refractivity contribution is -0.127. The standard InChI is InChI=1S/C20H31N3O.2ClH/c21-10-6-18-3-1-4-19(15-18)16-22-12-7-17(8-13-22)9-14-23-11-2-5-20(23)24;;/h1,3-4,15,17H,2,5-14,16,21H2;2*1H. The molecular weight excluding hydrogens is 369 g/mol. The third kappa shape index (κ3) is 6.73. The lowest BCUT2D eigenvalue weighted by Crippen LogP contribution is -2.35. The van der Waals surface area contributed by atoms with E-state index in [-0.39, 0.29) is 24.8 Å². The van der Waals surface area contributed by atoms with Gasteiger partial charge >= 0.3 is 0 Å². The first-order chi connectivity index (χ1) is 11.7. The maximum Gasteiger partial charge on any atom is 0.222 e. The molecule has 2 heterocycles. The van der Waals surface area contributed by atoms with Gasteiger partial charge < -0.3 is 10.6 Å². The molecule has 6 heteroatoms. The highest BCUT2D eigenvalue weighted by molar-refractivity contribution is 5.85. The largest absolute Gasteiger partial charge is 0.343 e. The molecular formula is C20H33Cl2N3O. The van der Waals surface area contributed by atoms with Gasteiger partial charge in [-0.15, -0.1) is 24.8 Å². The average molecular weight is 402 g/mol. The lowest BCUT2D eigenvalue weighted by Gasteiger charge is -2.32. The van der Waals surface area contributed by atoms with Crippen LogP contribution in [-0.4, -0.2) is 48.4 Å². The summed E-state index contributed by atoms with van der Waals surface area (Å²) in [6.07, 6.45) is 6.51. The molecule has 2 saturated heterocycles. The zero-order valence-corrected chi connectivity index (χ0v) is 17.2. The summed E-state index contributed by atoms with van der Waals surface area (Å²) in [6, 6.07) is 8.85. The van der Waals surface area contributed by atoms with Crippen molar-refractivity contribution in [2.75, 3.05) is 32.7 Å². The number of amides is 1. The molecule has 0 saturated carbocycles. The van der Waals surface area contributed by atoms with Gasteiger partial charge in [-0.05, 0) is 68.8 Å². The molecule has 2 aliphatic rings. The van der Waals surface area contributed by atoms with Crippen molar-refractivity contribution in [1.82, 2.24) is 9.80 Å². The van der Waals surface area contributed by atoms with Crippen LogP contribution in [0.5, 0.6) is 0 Å². The van der Waals surface area contributed by atoms with Gasteiger partial charge in [0.2, 0.25) is 5.91 Å². The Hall–Kier alpha value is -0.810. The molecule has 0 aliphatic carbocycles. The molecule has 0 aromatic heterocycles. The van der Waals surface area contributed by atoms with Crippen LogP contribution in [0.15, 0.2) is 24.3 Å². The number of carbonyl (C=O) groups excluding carboxylic acids is 1. The Labute approximate surface area is 170 Å². The van der Waals surface area contributed by atoms with E-state index in [1.165, 1.54) is 43.5 Å². The summed E-state index contributed by atoms with van der Waals surface area (Å²) in [5.74, 6) is 1.16. The molecule has 0 bridgehead atoms. The van der Waals surface area contributed by atoms with E-state index >= 15 is 0 Å². The van der Waals surface area contributed by atoms with Crippen molar-refractivity contribution < 1.29 is 4.79 Å². The van der Waals surface area contributed by atoms with E-state index in [1.807, 2.05) is 0 Å². The lowest BCUT2D eigenvalue weighted by atomic mass is 9.93. The first-order valence-electron chi connectivity index (χ1n) is 9.52. The number of hydrogen-bond acceptors (Lipinski definition) is 3. The van der Waals surface area contributed by atoms with Crippen LogP contribution < -0.4 is 5.73 Å². The molecule has 3 rings (SSSR count). The maximum atomic E-state index is 11.7. The van der Waals surface area contributed by atoms with Crippen LogP contribution in [0.25, 0.3) is 0 Å². The van der Waals surface area contributed by atoms with Crippen LogP contribution in [0.3, 0.4) is 0 Å². The fourth-order valence-electron chi connectivity index (χ4n) is 4.02. The summed E-state index contributed by atoms with van der Waals surface area (Å²) in [4.78, 5) is 16.3. The minimum Gasteiger partial charge on any atom is -0.343 e. The normalized spacial score (nSPS) is 18.5. The molecule has 0 unspecified atom stereocenters. The SMILES string of the molecule is Cl.Cl.NCCc1cccc(CN2CCC(CCN3CCCC3=O)CC2)c1. The second-order valence-corrected chi connectivity index (χ2v) is 7.35. The monoisotopic (exact) mass is 401 g/mol. The molecule has 1 aromatic rings. The van der Waals surface area contributed by atoms with E-state index in [0.717, 1.165) is 44.8 Å². The third-order valence-corrected chi connectivity index (χ3v) is 5.52. The smallest absolute Gasteiger partial charge is 0.222 e. The Kier molecular flexibility index (Phi) is 10.6. The van der Waals surface area contributed by atoms with E-state index in [1.54, 1.807) is 0 Å². The Morgan fingerprint density at radius 3 is 2.46 bits per heavy atom. The molecule has 148 valence electrons. The molecule has 4 nitrogen and oxygen atoms in total. The first-order valence-corrected chi connectivity index (χ1v) is 9.52. The quantitative estimate of drug-likeness (QED) is 0.762. The molecule has 2 fully saturated rings. The second kappa shape index (κ2) is 11.8. The van der Waals surface area contributed by atoms with E-state index in [0.29, 0.717) is 12.5 Å². The van der Waals surface area contributed by atoms with Gasteiger partial charge in [-0.2, -0.15) is 0 Å². The Bertz CT molecular complexity index is 548. The Morgan fingerprint density at radius 2 is 1.81 bits per heavy atom. The van der Waals surface area contributed by atoms with Crippen molar-refractivity contribution in [3.05, 3.63) is 35.4 Å². The summed E-state index contributed by atoms with van der Waals surface area (Å²) >= 11 is 0. The van der Waals surface area contributed by atoms with Crippen molar-refractivity contribution in [3.8, 4) is 0 Å². The predicted molar refractivity (Wildman–Crippen MR) is 112 cm³/mol. The topological polar surface area (TPSA) is 49.6 Å². The minimum absolute atomic E-state index is 0. The van der Waals surface area contributed by atoms with Gasteiger partial charge in [0.05, 0.1) is 0 Å². The summed E-state index contributed by atoms with van der Waals surface area (Å²) in [5, 5.41) is 0. The van der Waals surface area contributed by atoms with Crippen LogP contribution in [0, 0.1) is 5.92 Å². The fourth-order valence-corrected chi connectivity index (χ4v) is 4.02. The summed E-state index contributed by atoms with van der Waals surface area (Å²) in [7, 11) is 0. The molecule has 1 amide bonds. The van der Waals surface area contributed by atoms with E-state index in [2.05, 4.69) is 34.1 Å². The second-order valence-electron chi connectivity index (χ2n) is 7.35. The number of halogens is 2. The molecule has 0 spiro atoms. The molecule has 0 atom stereocenters. The number of carbonyl (C=O) groups is 1. The number of hydrogen-bond donors (Lipinski definition) is 1. The predicted octanol–water partition coefficient (Wildman–Crippen LogP) is 3.26. The van der Waals surface area contributed by atoms with Gasteiger partial charge in [-0.1, -0.05) is 24.3 Å². The highest BCUT2D eigenvalue weighted by atomic mass is 35.5. The van der Waals surface area contributed by atoms with E-state index in [4.69, 9.17) is 5.73 Å². The molecule has 1 aromatic carbocycles. The van der Waals surface area contributed by atoms with Crippen LogP contribution in [0.4, 0.5) is 0 Å². The molecule has 0 radical (unpaired) electrons. The van der Waals surface area contributed by atoms with Crippen LogP contribution in [0.2, 0.25) is 0 Å². The Balaban J connectivity index is 0.00000169. The van der Waals surface area contributed by atoms with Crippen molar-refractivity contribution in [1.29, 1.82) is 0 Å². The number of nitrogens with two attached hydrogens (primary N) is 1. The zero-order chi connectivity index (χ0) is 16.8. The van der Waals surface area contributed by atoms with Crippen molar-refractivity contribution in [2.24, 2.45) is 11.7 Å². The average Bonchev–Trinajstić information content (AvgIpc) is 3.00. The number of nitrogens with zero attached hydrogens (tertiary/aromatic N) is 2. The summed E-state index contributed by atoms with van der Waals surface area (Å²) in [5.41, 5.74) is 8.41. The van der Waals surface area contributed by atoms with Gasteiger partial charge in [0.15, 0.2) is 0 Å². The molecule has 26 heavy (non-hydrogen) atoms. The molecule has 2 aliphatic heterocycles. The number of piperidine rings is 1. The highest BCUT2D eigenvalue weighted by Crippen LogP contribution is 2.23. The van der Waals surface area contributed by atoms with Gasteiger partial charge in [-0.3, -0.25) is 9.69 Å². The van der Waals surface area contributed by atoms with Gasteiger partial charge in [-0.25, -0.2) is 0 Å². The van der Waals surface area contributed by atoms with Crippen LogP contribution >= 0.6 is 24.8 Å². The van der Waals surface area contributed by atoms with Gasteiger partial charge in [0, 0.05) is 26.1 Å². The number of rotatable bonds is 7.